The lowest BCUT2D eigenvalue weighted by Gasteiger charge is -2.25. The molecular formula is C25H22F3N3O4. The number of nitrogens with one attached hydrogen (secondary N) is 1. The Morgan fingerprint density at radius 1 is 1.14 bits per heavy atom. The smallest absolute Gasteiger partial charge is 0.478 e. The summed E-state index contributed by atoms with van der Waals surface area (Å²) >= 11 is 0. The minimum atomic E-state index is -4.83. The van der Waals surface area contributed by atoms with E-state index in [1.165, 1.54) is 24.3 Å². The normalized spacial score (nSPS) is 19.6. The first-order chi connectivity index (χ1) is 16.7. The summed E-state index contributed by atoms with van der Waals surface area (Å²) in [5.41, 5.74) is 1.80. The van der Waals surface area contributed by atoms with Crippen LogP contribution in [0.3, 0.4) is 0 Å². The number of anilines is 1. The van der Waals surface area contributed by atoms with E-state index in [2.05, 4.69) is 15.2 Å². The van der Waals surface area contributed by atoms with Gasteiger partial charge in [-0.15, -0.1) is 13.2 Å². The summed E-state index contributed by atoms with van der Waals surface area (Å²) in [5.74, 6) is -2.81. The molecule has 0 bridgehead atoms. The van der Waals surface area contributed by atoms with Crippen molar-refractivity contribution in [2.75, 3.05) is 5.32 Å². The number of aromatic nitrogens is 2. The van der Waals surface area contributed by atoms with Crippen LogP contribution in [0.15, 0.2) is 54.9 Å². The lowest BCUT2D eigenvalue weighted by Crippen LogP contribution is -2.18. The molecule has 5 rings (SSSR count). The van der Waals surface area contributed by atoms with Gasteiger partial charge in [-0.05, 0) is 60.9 Å². The number of nitrogens with zero attached hydrogens (tertiary/aromatic N) is 2. The highest BCUT2D eigenvalue weighted by Gasteiger charge is 2.46. The fourth-order valence-electron chi connectivity index (χ4n) is 4.45. The predicted octanol–water partition coefficient (Wildman–Crippen LogP) is 5.61. The second-order valence-electron chi connectivity index (χ2n) is 8.88. The Morgan fingerprint density at radius 3 is 2.60 bits per heavy atom. The van der Waals surface area contributed by atoms with E-state index in [0.29, 0.717) is 34.8 Å². The first-order valence-electron chi connectivity index (χ1n) is 11.3. The van der Waals surface area contributed by atoms with Crippen LogP contribution in [0.4, 0.5) is 18.9 Å². The van der Waals surface area contributed by atoms with Gasteiger partial charge in [0.25, 0.3) is 0 Å². The molecule has 0 spiro atoms. The second-order valence-corrected chi connectivity index (χ2v) is 8.88. The number of carbonyl (C=O) groups excluding carboxylic acids is 1. The number of aromatic carboxylic acids is 1. The number of amides is 1. The van der Waals surface area contributed by atoms with Crippen LogP contribution in [-0.2, 0) is 4.79 Å². The van der Waals surface area contributed by atoms with Gasteiger partial charge in [-0.2, -0.15) is 5.10 Å². The number of hydrogen-bond donors (Lipinski definition) is 2. The molecule has 35 heavy (non-hydrogen) atoms. The summed E-state index contributed by atoms with van der Waals surface area (Å²) in [7, 11) is 0. The summed E-state index contributed by atoms with van der Waals surface area (Å²) in [6.45, 7) is 0. The van der Waals surface area contributed by atoms with Gasteiger partial charge in [-0.1, -0.05) is 24.3 Å². The molecule has 2 aliphatic rings. The Kier molecular flexibility index (Phi) is 5.74. The maximum Gasteiger partial charge on any atom is 0.573 e. The van der Waals surface area contributed by atoms with Crippen molar-refractivity contribution in [3.8, 4) is 16.9 Å². The third kappa shape index (κ3) is 4.87. The van der Waals surface area contributed by atoms with Crippen molar-refractivity contribution in [1.29, 1.82) is 0 Å². The Balaban J connectivity index is 1.31. The number of halogens is 3. The number of hydrogen-bond acceptors (Lipinski definition) is 4. The number of carboxylic acid groups (broad SMARTS) is 1. The number of para-hydroxylation sites is 1. The third-order valence-electron chi connectivity index (χ3n) is 6.55. The Labute approximate surface area is 198 Å². The van der Waals surface area contributed by atoms with Gasteiger partial charge in [0.2, 0.25) is 5.91 Å². The molecule has 1 heterocycles. The molecule has 2 aliphatic carbocycles. The molecule has 2 atom stereocenters. The van der Waals surface area contributed by atoms with Crippen LogP contribution in [0.5, 0.6) is 5.75 Å². The molecule has 1 amide bonds. The molecular weight excluding hydrogens is 463 g/mol. The number of carboxylic acids is 1. The first-order valence-corrected chi connectivity index (χ1v) is 11.3. The highest BCUT2D eigenvalue weighted by Crippen LogP contribution is 2.51. The van der Waals surface area contributed by atoms with Crippen LogP contribution >= 0.6 is 0 Å². The Hall–Kier alpha value is -3.82. The quantitative estimate of drug-likeness (QED) is 0.454. The van der Waals surface area contributed by atoms with E-state index in [-0.39, 0.29) is 11.3 Å². The topological polar surface area (TPSA) is 93.5 Å². The monoisotopic (exact) mass is 485 g/mol. The molecule has 0 saturated heterocycles. The van der Waals surface area contributed by atoms with Crippen LogP contribution in [-0.4, -0.2) is 33.1 Å². The van der Waals surface area contributed by atoms with Gasteiger partial charge in [0.15, 0.2) is 0 Å². The van der Waals surface area contributed by atoms with Gasteiger partial charge in [0, 0.05) is 23.4 Å². The molecule has 2 aromatic carbocycles. The van der Waals surface area contributed by atoms with Crippen molar-refractivity contribution < 1.29 is 32.6 Å². The van der Waals surface area contributed by atoms with E-state index >= 15 is 0 Å². The fraction of sp³-hybridized carbons (Fsp3) is 0.320. The summed E-state index contributed by atoms with van der Waals surface area (Å²) in [6.07, 6.45) is 2.25. The molecule has 0 aliphatic heterocycles. The molecule has 2 N–H and O–H groups in total. The lowest BCUT2D eigenvalue weighted by molar-refractivity contribution is -0.274. The molecule has 3 aromatic rings. The van der Waals surface area contributed by atoms with E-state index < -0.39 is 30.1 Å². The van der Waals surface area contributed by atoms with Gasteiger partial charge in [0.05, 0.1) is 17.8 Å². The molecule has 2 unspecified atom stereocenters. The zero-order chi connectivity index (χ0) is 24.7. The van der Waals surface area contributed by atoms with Gasteiger partial charge < -0.3 is 15.2 Å². The van der Waals surface area contributed by atoms with Crippen molar-refractivity contribution in [2.24, 2.45) is 5.92 Å². The maximum absolute atomic E-state index is 12.8. The van der Waals surface area contributed by atoms with Gasteiger partial charge >= 0.3 is 12.3 Å². The van der Waals surface area contributed by atoms with E-state index in [1.807, 2.05) is 10.9 Å². The van der Waals surface area contributed by atoms with Crippen molar-refractivity contribution in [3.05, 3.63) is 66.0 Å². The largest absolute Gasteiger partial charge is 0.573 e. The Morgan fingerprint density at radius 2 is 1.91 bits per heavy atom. The molecule has 2 saturated carbocycles. The molecule has 0 radical (unpaired) electrons. The van der Waals surface area contributed by atoms with Gasteiger partial charge in [-0.25, -0.2) is 4.79 Å². The van der Waals surface area contributed by atoms with Crippen molar-refractivity contribution in [1.82, 2.24) is 9.78 Å². The van der Waals surface area contributed by atoms with Crippen molar-refractivity contribution in [2.45, 2.75) is 44.0 Å². The van der Waals surface area contributed by atoms with Crippen molar-refractivity contribution in [3.63, 3.8) is 0 Å². The van der Waals surface area contributed by atoms with E-state index in [1.54, 1.807) is 24.4 Å². The second kappa shape index (κ2) is 8.75. The number of benzene rings is 2. The highest BCUT2D eigenvalue weighted by molar-refractivity contribution is 6.00. The maximum atomic E-state index is 12.8. The number of rotatable bonds is 7. The molecule has 182 valence electrons. The third-order valence-corrected chi connectivity index (χ3v) is 6.55. The number of ether oxygens (including phenoxy) is 1. The van der Waals surface area contributed by atoms with E-state index in [9.17, 15) is 27.9 Å². The van der Waals surface area contributed by atoms with Crippen LogP contribution in [0.2, 0.25) is 0 Å². The summed E-state index contributed by atoms with van der Waals surface area (Å²) < 4.78 is 44.1. The standard InChI is InChI=1S/C25H22F3N3O4/c26-25(27,28)35-22-7-2-1-6-18(22)19-11-20(19)23(32)30-15-8-9-17(21(10-15)24(33)34)14-12-29-31(13-14)16-4-3-5-16/h1-2,6-10,12-13,16,19-20H,3-5,11H2,(H,30,32)(H,33,34). The highest BCUT2D eigenvalue weighted by atomic mass is 19.4. The zero-order valence-corrected chi connectivity index (χ0v) is 18.5. The molecule has 2 fully saturated rings. The average Bonchev–Trinajstić information content (AvgIpc) is 3.42. The number of alkyl halides is 3. The predicted molar refractivity (Wildman–Crippen MR) is 120 cm³/mol. The van der Waals surface area contributed by atoms with Gasteiger partial charge in [0.1, 0.15) is 5.75 Å². The summed E-state index contributed by atoms with van der Waals surface area (Å²) in [6, 6.07) is 10.7. The number of carbonyl (C=O) groups is 2. The van der Waals surface area contributed by atoms with Crippen LogP contribution in [0.25, 0.3) is 11.1 Å². The zero-order valence-electron chi connectivity index (χ0n) is 18.5. The summed E-state index contributed by atoms with van der Waals surface area (Å²) in [5, 5.41) is 16.8. The molecule has 1 aromatic heterocycles. The van der Waals surface area contributed by atoms with Gasteiger partial charge in [-0.3, -0.25) is 9.48 Å². The van der Waals surface area contributed by atoms with E-state index in [4.69, 9.17) is 0 Å². The van der Waals surface area contributed by atoms with Crippen LogP contribution in [0.1, 0.15) is 53.6 Å². The molecule has 10 heteroatoms. The first kappa shape index (κ1) is 22.9. The Bertz CT molecular complexity index is 1280. The average molecular weight is 485 g/mol. The molecule has 7 nitrogen and oxygen atoms in total. The minimum Gasteiger partial charge on any atom is -0.478 e. The van der Waals surface area contributed by atoms with Crippen LogP contribution < -0.4 is 10.1 Å². The lowest BCUT2D eigenvalue weighted by atomic mass is 9.93. The van der Waals surface area contributed by atoms with Crippen LogP contribution in [0, 0.1) is 5.92 Å². The fourth-order valence-corrected chi connectivity index (χ4v) is 4.45. The minimum absolute atomic E-state index is 0.0206. The summed E-state index contributed by atoms with van der Waals surface area (Å²) in [4.78, 5) is 24.7. The van der Waals surface area contributed by atoms with E-state index in [0.717, 1.165) is 19.3 Å². The SMILES string of the molecule is O=C(O)c1cc(NC(=O)C2CC2c2ccccc2OC(F)(F)F)ccc1-c1cnn(C2CCC2)c1. The van der Waals surface area contributed by atoms with Crippen molar-refractivity contribution >= 4 is 17.6 Å².